The van der Waals surface area contributed by atoms with Gasteiger partial charge in [-0.15, -0.1) is 0 Å². The molecule has 0 saturated heterocycles. The zero-order valence-corrected chi connectivity index (χ0v) is 24.9. The van der Waals surface area contributed by atoms with Gasteiger partial charge in [-0.05, 0) is 58.2 Å². The minimum Gasteiger partial charge on any atom is -0.444 e. The van der Waals surface area contributed by atoms with Gasteiger partial charge < -0.3 is 15.4 Å². The maximum absolute atomic E-state index is 13.1. The first-order valence-corrected chi connectivity index (χ1v) is 14.8. The standard InChI is InChI=1S/C26H32ClN5O5S2/c1-15(2)12-20(30-25(34)37-26(4,5)6)23(33)31-24-29-16(3)21(38-24)17-13-19(22(27)28-14-17)32-39(35,36)18-10-8-7-9-11-18/h7-11,13-15,20,32H,12H2,1-6H3,(H,30,34)(H,29,31,33)/t20-/m0/s1. The number of pyridine rings is 1. The van der Waals surface area contributed by atoms with Crippen molar-refractivity contribution in [3.63, 3.8) is 0 Å². The molecule has 10 nitrogen and oxygen atoms in total. The van der Waals surface area contributed by atoms with Crippen molar-refractivity contribution in [3.8, 4) is 10.4 Å². The molecule has 3 rings (SSSR count). The van der Waals surface area contributed by atoms with E-state index in [1.165, 1.54) is 29.7 Å². The summed E-state index contributed by atoms with van der Waals surface area (Å²) in [5.41, 5.74) is 0.559. The molecule has 0 aliphatic carbocycles. The van der Waals surface area contributed by atoms with Crippen LogP contribution < -0.4 is 15.4 Å². The van der Waals surface area contributed by atoms with Crippen molar-refractivity contribution in [2.24, 2.45) is 5.92 Å². The van der Waals surface area contributed by atoms with Crippen LogP contribution in [0, 0.1) is 12.8 Å². The van der Waals surface area contributed by atoms with Gasteiger partial charge in [0.05, 0.1) is 21.2 Å². The van der Waals surface area contributed by atoms with Gasteiger partial charge >= 0.3 is 6.09 Å². The summed E-state index contributed by atoms with van der Waals surface area (Å²) >= 11 is 7.38. The molecule has 0 aliphatic heterocycles. The molecule has 3 N–H and O–H groups in total. The highest BCUT2D eigenvalue weighted by molar-refractivity contribution is 7.92. The third-order valence-electron chi connectivity index (χ3n) is 5.14. The Morgan fingerprint density at radius 1 is 1.15 bits per heavy atom. The van der Waals surface area contributed by atoms with E-state index in [0.717, 1.165) is 0 Å². The number of carbonyl (C=O) groups excluding carboxylic acids is 2. The van der Waals surface area contributed by atoms with Gasteiger partial charge in [-0.2, -0.15) is 0 Å². The SMILES string of the molecule is Cc1nc(NC(=O)[C@H](CC(C)C)NC(=O)OC(C)(C)C)sc1-c1cnc(Cl)c(NS(=O)(=O)c2ccccc2)c1. The van der Waals surface area contributed by atoms with E-state index in [9.17, 15) is 18.0 Å². The molecule has 39 heavy (non-hydrogen) atoms. The van der Waals surface area contributed by atoms with E-state index in [1.807, 2.05) is 13.8 Å². The van der Waals surface area contributed by atoms with Gasteiger partial charge in [0.1, 0.15) is 11.6 Å². The molecule has 0 aliphatic rings. The Balaban J connectivity index is 1.81. The van der Waals surface area contributed by atoms with Gasteiger partial charge in [-0.25, -0.2) is 23.2 Å². The number of alkyl carbamates (subject to hydrolysis) is 1. The predicted molar refractivity (Wildman–Crippen MR) is 154 cm³/mol. The highest BCUT2D eigenvalue weighted by atomic mass is 35.5. The second-order valence-electron chi connectivity index (χ2n) is 10.2. The van der Waals surface area contributed by atoms with E-state index >= 15 is 0 Å². The number of amides is 2. The number of nitrogens with one attached hydrogen (secondary N) is 3. The van der Waals surface area contributed by atoms with Crippen molar-refractivity contribution >= 4 is 55.8 Å². The monoisotopic (exact) mass is 593 g/mol. The fourth-order valence-electron chi connectivity index (χ4n) is 3.51. The molecule has 0 saturated carbocycles. The van der Waals surface area contributed by atoms with Gasteiger partial charge in [0.15, 0.2) is 10.3 Å². The first-order valence-electron chi connectivity index (χ1n) is 12.2. The molecule has 2 amide bonds. The first-order chi connectivity index (χ1) is 18.1. The zero-order chi connectivity index (χ0) is 29.0. The summed E-state index contributed by atoms with van der Waals surface area (Å²) in [4.78, 5) is 34.7. The Morgan fingerprint density at radius 2 is 1.82 bits per heavy atom. The number of nitrogens with zero attached hydrogens (tertiary/aromatic N) is 2. The van der Waals surface area contributed by atoms with E-state index in [-0.39, 0.29) is 21.7 Å². The third-order valence-corrected chi connectivity index (χ3v) is 7.94. The second kappa shape index (κ2) is 12.3. The summed E-state index contributed by atoms with van der Waals surface area (Å²) < 4.78 is 33.4. The smallest absolute Gasteiger partial charge is 0.408 e. The van der Waals surface area contributed by atoms with Crippen LogP contribution in [0.1, 0.15) is 46.7 Å². The number of rotatable bonds is 9. The molecule has 210 valence electrons. The van der Waals surface area contributed by atoms with Crippen LogP contribution in [0.5, 0.6) is 0 Å². The number of sulfonamides is 1. The molecule has 13 heteroatoms. The fourth-order valence-corrected chi connectivity index (χ4v) is 5.75. The molecule has 2 heterocycles. The third kappa shape index (κ3) is 8.64. The van der Waals surface area contributed by atoms with Gasteiger partial charge in [0.25, 0.3) is 10.0 Å². The minimum absolute atomic E-state index is 0.0151. The number of ether oxygens (including phenoxy) is 1. The average Bonchev–Trinajstić information content (AvgIpc) is 3.18. The number of aromatic nitrogens is 2. The Morgan fingerprint density at radius 3 is 2.44 bits per heavy atom. The molecule has 1 atom stereocenters. The van der Waals surface area contributed by atoms with Crippen LogP contribution >= 0.6 is 22.9 Å². The summed E-state index contributed by atoms with van der Waals surface area (Å²) in [5.74, 6) is -0.303. The largest absolute Gasteiger partial charge is 0.444 e. The normalized spacial score (nSPS) is 12.6. The van der Waals surface area contributed by atoms with Crippen LogP contribution in [-0.2, 0) is 19.6 Å². The van der Waals surface area contributed by atoms with E-state index in [1.54, 1.807) is 52.0 Å². The Labute approximate surface area is 237 Å². The minimum atomic E-state index is -3.89. The number of benzene rings is 1. The Hall–Kier alpha value is -3.22. The van der Waals surface area contributed by atoms with Crippen molar-refractivity contribution in [1.82, 2.24) is 15.3 Å². The molecule has 0 fully saturated rings. The van der Waals surface area contributed by atoms with Crippen molar-refractivity contribution < 1.29 is 22.7 Å². The van der Waals surface area contributed by atoms with Crippen molar-refractivity contribution in [1.29, 1.82) is 0 Å². The molecule has 3 aromatic rings. The van der Waals surface area contributed by atoms with Crippen LogP contribution in [-0.4, -0.2) is 42.0 Å². The van der Waals surface area contributed by atoms with Crippen LogP contribution in [0.15, 0.2) is 47.5 Å². The number of hydrogen-bond acceptors (Lipinski definition) is 8. The molecular formula is C26H32ClN5O5S2. The lowest BCUT2D eigenvalue weighted by Gasteiger charge is -2.23. The lowest BCUT2D eigenvalue weighted by Crippen LogP contribution is -2.46. The molecule has 0 spiro atoms. The maximum Gasteiger partial charge on any atom is 0.408 e. The summed E-state index contributed by atoms with van der Waals surface area (Å²) in [5, 5.41) is 5.71. The average molecular weight is 594 g/mol. The van der Waals surface area contributed by atoms with Gasteiger partial charge in [-0.3, -0.25) is 9.52 Å². The van der Waals surface area contributed by atoms with Gasteiger partial charge in [-0.1, -0.05) is 55.0 Å². The van der Waals surface area contributed by atoms with Gasteiger partial charge in [0, 0.05) is 11.8 Å². The van der Waals surface area contributed by atoms with E-state index in [2.05, 4.69) is 25.3 Å². The number of aryl methyl sites for hydroxylation is 1. The summed E-state index contributed by atoms with van der Waals surface area (Å²) in [7, 11) is -3.89. The fraction of sp³-hybridized carbons (Fsp3) is 0.385. The lowest BCUT2D eigenvalue weighted by atomic mass is 10.0. The number of thiazole rings is 1. The Bertz CT molecular complexity index is 1440. The van der Waals surface area contributed by atoms with Crippen LogP contribution in [0.4, 0.5) is 15.6 Å². The molecule has 0 unspecified atom stereocenters. The van der Waals surface area contributed by atoms with Gasteiger partial charge in [0.2, 0.25) is 5.91 Å². The maximum atomic E-state index is 13.1. The van der Waals surface area contributed by atoms with E-state index in [4.69, 9.17) is 16.3 Å². The summed E-state index contributed by atoms with van der Waals surface area (Å²) in [6, 6.07) is 8.64. The van der Waals surface area contributed by atoms with E-state index in [0.29, 0.717) is 27.7 Å². The molecule has 1 aromatic carbocycles. The zero-order valence-electron chi connectivity index (χ0n) is 22.5. The number of anilines is 2. The van der Waals surface area contributed by atoms with Crippen LogP contribution in [0.25, 0.3) is 10.4 Å². The topological polar surface area (TPSA) is 139 Å². The number of carbonyl (C=O) groups is 2. The van der Waals surface area contributed by atoms with Crippen molar-refractivity contribution in [2.45, 2.75) is 64.5 Å². The quantitative estimate of drug-likeness (QED) is 0.265. The van der Waals surface area contributed by atoms with Crippen LogP contribution in [0.2, 0.25) is 5.15 Å². The predicted octanol–water partition coefficient (Wildman–Crippen LogP) is 5.85. The molecule has 0 bridgehead atoms. The molecule has 0 radical (unpaired) electrons. The van der Waals surface area contributed by atoms with Crippen LogP contribution in [0.3, 0.4) is 0 Å². The molecule has 2 aromatic heterocycles. The van der Waals surface area contributed by atoms with E-state index < -0.39 is 33.7 Å². The summed E-state index contributed by atoms with van der Waals surface area (Å²) in [6.45, 7) is 10.9. The van der Waals surface area contributed by atoms with Crippen molar-refractivity contribution in [3.05, 3.63) is 53.4 Å². The highest BCUT2D eigenvalue weighted by Gasteiger charge is 2.26. The Kier molecular flexibility index (Phi) is 9.57. The summed E-state index contributed by atoms with van der Waals surface area (Å²) in [6.07, 6.45) is 1.21. The second-order valence-corrected chi connectivity index (χ2v) is 13.3. The van der Waals surface area contributed by atoms with Crippen molar-refractivity contribution in [2.75, 3.05) is 10.0 Å². The number of halogens is 1. The number of hydrogen-bond donors (Lipinski definition) is 3. The highest BCUT2D eigenvalue weighted by Crippen LogP contribution is 2.35. The lowest BCUT2D eigenvalue weighted by molar-refractivity contribution is -0.118. The first kappa shape index (κ1) is 30.3. The molecular weight excluding hydrogens is 562 g/mol.